The largest absolute Gasteiger partial charge is 0.492 e. The molecule has 42 heavy (non-hydrogen) atoms. The Kier molecular flexibility index (Phi) is 11.1. The van der Waals surface area contributed by atoms with Crippen LogP contribution in [0.15, 0.2) is 66.7 Å². The van der Waals surface area contributed by atoms with E-state index >= 15 is 0 Å². The summed E-state index contributed by atoms with van der Waals surface area (Å²) < 4.78 is 51.4. The Morgan fingerprint density at radius 1 is 0.905 bits per heavy atom. The molecule has 0 aromatic heterocycles. The lowest BCUT2D eigenvalue weighted by Crippen LogP contribution is -2.47. The summed E-state index contributed by atoms with van der Waals surface area (Å²) in [7, 11) is 0. The predicted octanol–water partition coefficient (Wildman–Crippen LogP) is 5.26. The topological polar surface area (TPSA) is 119 Å². The summed E-state index contributed by atoms with van der Waals surface area (Å²) in [4.78, 5) is 37.5. The number of ether oxygens (including phenoxy) is 1. The predicted molar refractivity (Wildman–Crippen MR) is 147 cm³/mol. The van der Waals surface area contributed by atoms with Crippen molar-refractivity contribution in [3.63, 3.8) is 0 Å². The minimum Gasteiger partial charge on any atom is -0.492 e. The van der Waals surface area contributed by atoms with Gasteiger partial charge < -0.3 is 25.2 Å². The minimum absolute atomic E-state index is 0.0795. The molecule has 0 unspecified atom stereocenters. The van der Waals surface area contributed by atoms with Crippen molar-refractivity contribution in [2.24, 2.45) is 0 Å². The molecular formula is C28H26ClF4N3O6. The Bertz CT molecular complexity index is 1400. The number of piperazine rings is 1. The first-order chi connectivity index (χ1) is 19.8. The number of amides is 1. The maximum absolute atomic E-state index is 13.9. The molecule has 9 nitrogen and oxygen atoms in total. The fourth-order valence-corrected chi connectivity index (χ4v) is 4.07. The quantitative estimate of drug-likeness (QED) is 0.295. The maximum atomic E-state index is 13.9. The van der Waals surface area contributed by atoms with Gasteiger partial charge in [-0.2, -0.15) is 13.2 Å². The van der Waals surface area contributed by atoms with Gasteiger partial charge in [0.25, 0.3) is 5.91 Å². The zero-order valence-electron chi connectivity index (χ0n) is 21.9. The molecular weight excluding hydrogens is 586 g/mol. The van der Waals surface area contributed by atoms with Gasteiger partial charge in [-0.05, 0) is 54.6 Å². The number of carboxylic acid groups (broad SMARTS) is 2. The van der Waals surface area contributed by atoms with Crippen molar-refractivity contribution in [2.75, 3.05) is 49.5 Å². The Morgan fingerprint density at radius 3 is 2.10 bits per heavy atom. The molecule has 3 aromatic rings. The number of carbonyl (C=O) groups is 3. The number of hydrogen-bond donors (Lipinski definition) is 3. The standard InChI is InChI=1S/C26H25ClFN3O4.C2HF3O2/c27-18-5-8-20(9-6-18)35-16-15-30-11-13-31(14-12-30)24-10-7-19(17-22(24)26(33)34)29-25(32)21-3-1-2-4-23(21)28;3-2(4,5)1(6)7/h1-10,17H,11-16H2,(H,29,32)(H,33,34);(H,6,7). The molecule has 0 radical (unpaired) electrons. The number of anilines is 2. The van der Waals surface area contributed by atoms with E-state index in [0.29, 0.717) is 30.4 Å². The molecule has 1 heterocycles. The summed E-state index contributed by atoms with van der Waals surface area (Å²) in [5.74, 6) is -4.37. The van der Waals surface area contributed by atoms with E-state index < -0.39 is 29.8 Å². The number of rotatable bonds is 8. The number of carbonyl (C=O) groups excluding carboxylic acids is 1. The summed E-state index contributed by atoms with van der Waals surface area (Å²) in [6.45, 7) is 4.12. The van der Waals surface area contributed by atoms with E-state index in [4.69, 9.17) is 26.2 Å². The lowest BCUT2D eigenvalue weighted by atomic mass is 10.1. The summed E-state index contributed by atoms with van der Waals surface area (Å²) in [5, 5.41) is 20.1. The van der Waals surface area contributed by atoms with Gasteiger partial charge in [0, 0.05) is 43.4 Å². The van der Waals surface area contributed by atoms with Crippen molar-refractivity contribution in [2.45, 2.75) is 6.18 Å². The lowest BCUT2D eigenvalue weighted by Gasteiger charge is -2.36. The van der Waals surface area contributed by atoms with E-state index in [1.807, 2.05) is 17.0 Å². The number of nitrogens with zero attached hydrogens (tertiary/aromatic N) is 2. The van der Waals surface area contributed by atoms with Gasteiger partial charge in [-0.3, -0.25) is 9.69 Å². The van der Waals surface area contributed by atoms with Crippen LogP contribution in [-0.2, 0) is 4.79 Å². The molecule has 1 amide bonds. The van der Waals surface area contributed by atoms with Crippen molar-refractivity contribution in [3.8, 4) is 5.75 Å². The number of nitrogens with one attached hydrogen (secondary N) is 1. The van der Waals surface area contributed by atoms with Crippen LogP contribution in [0.3, 0.4) is 0 Å². The molecule has 3 aromatic carbocycles. The first-order valence-electron chi connectivity index (χ1n) is 12.4. The average Bonchev–Trinajstić information content (AvgIpc) is 2.94. The maximum Gasteiger partial charge on any atom is 0.490 e. The van der Waals surface area contributed by atoms with Gasteiger partial charge in [0.05, 0.1) is 16.8 Å². The molecule has 1 aliphatic rings. The van der Waals surface area contributed by atoms with Gasteiger partial charge in [0.1, 0.15) is 18.2 Å². The van der Waals surface area contributed by atoms with Crippen LogP contribution in [0.1, 0.15) is 20.7 Å². The molecule has 14 heteroatoms. The Hall–Kier alpha value is -4.36. The first-order valence-corrected chi connectivity index (χ1v) is 12.8. The highest BCUT2D eigenvalue weighted by Crippen LogP contribution is 2.26. The zero-order chi connectivity index (χ0) is 30.9. The van der Waals surface area contributed by atoms with Gasteiger partial charge in [-0.25, -0.2) is 14.0 Å². The summed E-state index contributed by atoms with van der Waals surface area (Å²) in [6, 6.07) is 17.6. The van der Waals surface area contributed by atoms with Crippen LogP contribution in [0.2, 0.25) is 5.02 Å². The van der Waals surface area contributed by atoms with Crippen molar-refractivity contribution < 1.29 is 46.9 Å². The van der Waals surface area contributed by atoms with Crippen LogP contribution in [0.25, 0.3) is 0 Å². The van der Waals surface area contributed by atoms with Crippen LogP contribution in [0.5, 0.6) is 5.75 Å². The second-order valence-corrected chi connectivity index (χ2v) is 9.34. The van der Waals surface area contributed by atoms with Gasteiger partial charge in [-0.1, -0.05) is 23.7 Å². The third-order valence-electron chi connectivity index (χ3n) is 6.05. The SMILES string of the molecule is O=C(Nc1ccc(N2CCN(CCOc3ccc(Cl)cc3)CC2)c(C(=O)O)c1)c1ccccc1F.O=C(O)C(F)(F)F. The monoisotopic (exact) mass is 611 g/mol. The van der Waals surface area contributed by atoms with E-state index in [-0.39, 0.29) is 16.8 Å². The van der Waals surface area contributed by atoms with Crippen molar-refractivity contribution >= 4 is 40.8 Å². The fourth-order valence-electron chi connectivity index (χ4n) is 3.94. The Labute approximate surface area is 242 Å². The molecule has 0 atom stereocenters. The van der Waals surface area contributed by atoms with E-state index in [0.717, 1.165) is 25.4 Å². The summed E-state index contributed by atoms with van der Waals surface area (Å²) >= 11 is 5.89. The third-order valence-corrected chi connectivity index (χ3v) is 6.30. The van der Waals surface area contributed by atoms with Crippen molar-refractivity contribution in [3.05, 3.63) is 88.7 Å². The molecule has 224 valence electrons. The van der Waals surface area contributed by atoms with Crippen LogP contribution in [0.4, 0.5) is 28.9 Å². The molecule has 0 bridgehead atoms. The van der Waals surface area contributed by atoms with Gasteiger partial charge in [-0.15, -0.1) is 0 Å². The molecule has 0 saturated carbocycles. The number of benzene rings is 3. The molecule has 4 rings (SSSR count). The third kappa shape index (κ3) is 9.35. The number of halogens is 5. The molecule has 0 aliphatic carbocycles. The van der Waals surface area contributed by atoms with Crippen LogP contribution in [-0.4, -0.2) is 78.5 Å². The van der Waals surface area contributed by atoms with Crippen LogP contribution >= 0.6 is 11.6 Å². The summed E-state index contributed by atoms with van der Waals surface area (Å²) in [6.07, 6.45) is -5.08. The number of hydrogen-bond acceptors (Lipinski definition) is 6. The summed E-state index contributed by atoms with van der Waals surface area (Å²) in [5.41, 5.74) is 0.844. The van der Waals surface area contributed by atoms with Gasteiger partial charge in [0.15, 0.2) is 0 Å². The lowest BCUT2D eigenvalue weighted by molar-refractivity contribution is -0.192. The smallest absolute Gasteiger partial charge is 0.490 e. The number of aromatic carboxylic acids is 1. The highest BCUT2D eigenvalue weighted by atomic mass is 35.5. The average molecular weight is 612 g/mol. The first kappa shape index (κ1) is 32.2. The molecule has 0 spiro atoms. The normalized spacial score (nSPS) is 13.5. The fraction of sp³-hybridized carbons (Fsp3) is 0.250. The Morgan fingerprint density at radius 2 is 1.52 bits per heavy atom. The number of aliphatic carboxylic acids is 1. The number of alkyl halides is 3. The van der Waals surface area contributed by atoms with Gasteiger partial charge in [0.2, 0.25) is 0 Å². The zero-order valence-corrected chi connectivity index (χ0v) is 22.7. The van der Waals surface area contributed by atoms with E-state index in [1.54, 1.807) is 30.3 Å². The molecule has 1 fully saturated rings. The highest BCUT2D eigenvalue weighted by Gasteiger charge is 2.38. The molecule has 1 saturated heterocycles. The van der Waals surface area contributed by atoms with E-state index in [9.17, 15) is 32.3 Å². The molecule has 3 N–H and O–H groups in total. The Balaban J connectivity index is 0.000000616. The van der Waals surface area contributed by atoms with Crippen LogP contribution < -0.4 is 15.0 Å². The number of carboxylic acids is 2. The van der Waals surface area contributed by atoms with Crippen LogP contribution in [0, 0.1) is 5.82 Å². The molecule has 1 aliphatic heterocycles. The van der Waals surface area contributed by atoms with Crippen molar-refractivity contribution in [1.82, 2.24) is 4.90 Å². The minimum atomic E-state index is -5.08. The van der Waals surface area contributed by atoms with E-state index in [2.05, 4.69) is 10.2 Å². The second-order valence-electron chi connectivity index (χ2n) is 8.91. The van der Waals surface area contributed by atoms with E-state index in [1.165, 1.54) is 24.3 Å². The highest BCUT2D eigenvalue weighted by molar-refractivity contribution is 6.30. The van der Waals surface area contributed by atoms with Crippen molar-refractivity contribution in [1.29, 1.82) is 0 Å². The second kappa shape index (κ2) is 14.5. The van der Waals surface area contributed by atoms with Gasteiger partial charge >= 0.3 is 18.1 Å².